The van der Waals surface area contributed by atoms with Crippen molar-refractivity contribution in [2.75, 3.05) is 0 Å². The molecule has 5 nitrogen and oxygen atoms in total. The normalized spacial score (nSPS) is 11.6. The lowest BCUT2D eigenvalue weighted by Crippen LogP contribution is -2.06. The molecule has 0 N–H and O–H groups in total. The minimum absolute atomic E-state index is 0.518. The van der Waals surface area contributed by atoms with Crippen LogP contribution in [0.1, 0.15) is 0 Å². The van der Waals surface area contributed by atoms with Crippen LogP contribution in [0.25, 0.3) is 106 Å². The van der Waals surface area contributed by atoms with Crippen molar-refractivity contribution >= 4 is 43.7 Å². The van der Waals surface area contributed by atoms with Crippen molar-refractivity contribution in [1.29, 1.82) is 0 Å². The predicted molar refractivity (Wildman–Crippen MR) is 229 cm³/mol. The van der Waals surface area contributed by atoms with Crippen molar-refractivity contribution in [3.63, 3.8) is 0 Å². The number of hydrogen-bond acceptors (Lipinski definition) is 4. The summed E-state index contributed by atoms with van der Waals surface area (Å²) < 4.78 is 9.16. The van der Waals surface area contributed by atoms with Crippen LogP contribution in [0.3, 0.4) is 0 Å². The quantitative estimate of drug-likeness (QED) is 0.172. The smallest absolute Gasteiger partial charge is 0.238 e. The molecule has 5 heteroatoms. The summed E-state index contributed by atoms with van der Waals surface area (Å²) in [5.74, 6) is 1.69. The first-order valence-corrected chi connectivity index (χ1v) is 18.8. The van der Waals surface area contributed by atoms with Crippen LogP contribution >= 0.6 is 0 Å². The van der Waals surface area contributed by atoms with E-state index in [1.54, 1.807) is 0 Å². The molecule has 11 aromatic rings. The highest BCUT2D eigenvalue weighted by Crippen LogP contribution is 2.42. The van der Waals surface area contributed by atoms with Gasteiger partial charge in [-0.2, -0.15) is 9.97 Å². The third-order valence-corrected chi connectivity index (χ3v) is 10.7. The van der Waals surface area contributed by atoms with E-state index in [9.17, 15) is 0 Å². The van der Waals surface area contributed by atoms with Crippen molar-refractivity contribution in [1.82, 2.24) is 19.5 Å². The first-order valence-electron chi connectivity index (χ1n) is 18.8. The number of hydrogen-bond donors (Lipinski definition) is 0. The van der Waals surface area contributed by atoms with Gasteiger partial charge in [-0.25, -0.2) is 4.98 Å². The molecule has 0 aliphatic heterocycles. The zero-order valence-electron chi connectivity index (χ0n) is 30.2. The number of para-hydroxylation sites is 2. The van der Waals surface area contributed by atoms with E-state index in [0.29, 0.717) is 17.6 Å². The van der Waals surface area contributed by atoms with Gasteiger partial charge in [-0.3, -0.25) is 4.57 Å². The molecule has 11 rings (SSSR count). The topological polar surface area (TPSA) is 56.7 Å². The van der Waals surface area contributed by atoms with E-state index in [1.807, 2.05) is 18.2 Å². The Balaban J connectivity index is 1.18. The number of nitrogens with zero attached hydrogens (tertiary/aromatic N) is 4. The largest absolute Gasteiger partial charge is 0.453 e. The third-order valence-electron chi connectivity index (χ3n) is 10.7. The number of aromatic nitrogens is 4. The Morgan fingerprint density at radius 1 is 0.339 bits per heavy atom. The summed E-state index contributed by atoms with van der Waals surface area (Å²) in [6, 6.07) is 67.3. The maximum atomic E-state index is 7.00. The first kappa shape index (κ1) is 31.9. The van der Waals surface area contributed by atoms with Crippen molar-refractivity contribution in [3.8, 4) is 62.1 Å². The molecule has 56 heavy (non-hydrogen) atoms. The zero-order valence-corrected chi connectivity index (χ0v) is 30.2. The van der Waals surface area contributed by atoms with Gasteiger partial charge in [0.15, 0.2) is 17.2 Å². The van der Waals surface area contributed by atoms with Crippen molar-refractivity contribution in [3.05, 3.63) is 194 Å². The van der Waals surface area contributed by atoms with Crippen molar-refractivity contribution in [2.45, 2.75) is 0 Å². The molecule has 0 spiro atoms. The fraction of sp³-hybridized carbons (Fsp3) is 0. The molecule has 0 amide bonds. The summed E-state index contributed by atoms with van der Waals surface area (Å²) in [6.45, 7) is 0. The molecule has 262 valence electrons. The molecular formula is C51H32N4O. The molecule has 0 aliphatic rings. The van der Waals surface area contributed by atoms with Gasteiger partial charge in [0.2, 0.25) is 5.95 Å². The molecule has 0 saturated carbocycles. The lowest BCUT2D eigenvalue weighted by atomic mass is 10.0. The maximum absolute atomic E-state index is 7.00. The number of furan rings is 1. The van der Waals surface area contributed by atoms with Gasteiger partial charge < -0.3 is 4.42 Å². The number of rotatable bonds is 6. The minimum Gasteiger partial charge on any atom is -0.453 e. The van der Waals surface area contributed by atoms with Gasteiger partial charge in [0, 0.05) is 38.2 Å². The fourth-order valence-corrected chi connectivity index (χ4v) is 7.99. The summed E-state index contributed by atoms with van der Waals surface area (Å²) >= 11 is 0. The molecule has 0 bridgehead atoms. The van der Waals surface area contributed by atoms with Gasteiger partial charge in [-0.1, -0.05) is 176 Å². The van der Waals surface area contributed by atoms with Gasteiger partial charge in [0.25, 0.3) is 0 Å². The Labute approximate surface area is 322 Å². The van der Waals surface area contributed by atoms with Crippen LogP contribution in [0.4, 0.5) is 0 Å². The van der Waals surface area contributed by atoms with Crippen LogP contribution in [-0.4, -0.2) is 19.5 Å². The first-order chi connectivity index (χ1) is 27.8. The van der Waals surface area contributed by atoms with Crippen LogP contribution in [0, 0.1) is 0 Å². The molecule has 3 heterocycles. The van der Waals surface area contributed by atoms with Crippen LogP contribution in [0.2, 0.25) is 0 Å². The van der Waals surface area contributed by atoms with E-state index in [-0.39, 0.29) is 0 Å². The van der Waals surface area contributed by atoms with Crippen LogP contribution < -0.4 is 0 Å². The fourth-order valence-electron chi connectivity index (χ4n) is 7.99. The molecule has 0 fully saturated rings. The van der Waals surface area contributed by atoms with Gasteiger partial charge in [0.1, 0.15) is 11.1 Å². The Hall–Kier alpha value is -7.63. The molecule has 0 radical (unpaired) electrons. The monoisotopic (exact) mass is 716 g/mol. The average Bonchev–Trinajstić information content (AvgIpc) is 3.84. The molecule has 0 unspecified atom stereocenters. The van der Waals surface area contributed by atoms with E-state index in [0.717, 1.165) is 88.3 Å². The highest BCUT2D eigenvalue weighted by Gasteiger charge is 2.23. The molecule has 0 aliphatic carbocycles. The maximum Gasteiger partial charge on any atom is 0.238 e. The Morgan fingerprint density at radius 3 is 1.61 bits per heavy atom. The molecular weight excluding hydrogens is 685 g/mol. The predicted octanol–water partition coefficient (Wildman–Crippen LogP) is 13.2. The Kier molecular flexibility index (Phi) is 7.42. The lowest BCUT2D eigenvalue weighted by Gasteiger charge is -2.12. The van der Waals surface area contributed by atoms with Crippen LogP contribution in [0.15, 0.2) is 199 Å². The highest BCUT2D eigenvalue weighted by molar-refractivity contribution is 6.22. The highest BCUT2D eigenvalue weighted by atomic mass is 16.3. The summed E-state index contributed by atoms with van der Waals surface area (Å²) in [5, 5.41) is 4.26. The van der Waals surface area contributed by atoms with Crippen LogP contribution in [-0.2, 0) is 0 Å². The second kappa shape index (κ2) is 13.0. The Morgan fingerprint density at radius 2 is 0.857 bits per heavy atom. The van der Waals surface area contributed by atoms with Crippen molar-refractivity contribution < 1.29 is 4.42 Å². The second-order valence-electron chi connectivity index (χ2n) is 14.0. The molecule has 0 saturated heterocycles. The number of fused-ring (bicyclic) bond motifs is 7. The lowest BCUT2D eigenvalue weighted by molar-refractivity contribution is 0.672. The molecule has 8 aromatic carbocycles. The second-order valence-corrected chi connectivity index (χ2v) is 14.0. The molecule has 3 aromatic heterocycles. The summed E-state index contributed by atoms with van der Waals surface area (Å²) in [7, 11) is 0. The Bertz CT molecular complexity index is 3220. The van der Waals surface area contributed by atoms with Gasteiger partial charge in [-0.15, -0.1) is 0 Å². The van der Waals surface area contributed by atoms with E-state index < -0.39 is 0 Å². The summed E-state index contributed by atoms with van der Waals surface area (Å²) in [4.78, 5) is 15.7. The molecule has 0 atom stereocenters. The van der Waals surface area contributed by atoms with Crippen molar-refractivity contribution in [2.24, 2.45) is 0 Å². The number of benzene rings is 8. The zero-order chi connectivity index (χ0) is 37.0. The third kappa shape index (κ3) is 5.29. The summed E-state index contributed by atoms with van der Waals surface area (Å²) in [5.41, 5.74) is 12.0. The van der Waals surface area contributed by atoms with Crippen LogP contribution in [0.5, 0.6) is 0 Å². The van der Waals surface area contributed by atoms with Gasteiger partial charge in [-0.05, 0) is 46.0 Å². The minimum atomic E-state index is 0.518. The summed E-state index contributed by atoms with van der Waals surface area (Å²) in [6.07, 6.45) is 0. The van der Waals surface area contributed by atoms with E-state index >= 15 is 0 Å². The van der Waals surface area contributed by atoms with E-state index in [4.69, 9.17) is 19.4 Å². The van der Waals surface area contributed by atoms with E-state index in [1.165, 1.54) is 0 Å². The average molecular weight is 717 g/mol. The standard InChI is InChI=1S/C51H32N4O/c1-4-14-33(15-5-1)35-26-28-37(29-27-35)49-52-50(39-21-12-20-38(32-39)34-16-6-2-7-17-34)54-51(53-49)55-45-25-11-10-22-41(45)42-30-31-44-43-24-13-23-40(36-18-8-3-9-19-36)47(43)56-48(44)46(42)55/h1-32H. The van der Waals surface area contributed by atoms with Gasteiger partial charge >= 0.3 is 0 Å². The van der Waals surface area contributed by atoms with Gasteiger partial charge in [0.05, 0.1) is 5.52 Å². The van der Waals surface area contributed by atoms with E-state index in [2.05, 4.69) is 180 Å². The SMILES string of the molecule is c1ccc(-c2ccc(-c3nc(-c4cccc(-c5ccccc5)c4)nc(-n4c5ccccc5c5ccc6c7cccc(-c8ccccc8)c7oc6c54)n3)cc2)cc1.